The molecule has 176 valence electrons. The van der Waals surface area contributed by atoms with Gasteiger partial charge >= 0.3 is 0 Å². The lowest BCUT2D eigenvalue weighted by atomic mass is 10.2. The van der Waals surface area contributed by atoms with Crippen molar-refractivity contribution in [1.82, 2.24) is 9.73 Å². The van der Waals surface area contributed by atoms with Crippen LogP contribution < -0.4 is 10.2 Å². The molecule has 1 N–H and O–H groups in total. The molecule has 0 aliphatic carbocycles. The van der Waals surface area contributed by atoms with Crippen LogP contribution in [0.15, 0.2) is 88.9 Å². The van der Waals surface area contributed by atoms with Crippen LogP contribution in [0.5, 0.6) is 5.75 Å². The third-order valence-electron chi connectivity index (χ3n) is 4.73. The molecule has 3 aromatic carbocycles. The molecule has 0 aromatic heterocycles. The van der Waals surface area contributed by atoms with Gasteiger partial charge in [0.2, 0.25) is 10.0 Å². The van der Waals surface area contributed by atoms with Crippen LogP contribution in [0.1, 0.15) is 11.1 Å². The van der Waals surface area contributed by atoms with Crippen molar-refractivity contribution in [2.45, 2.75) is 11.4 Å². The Morgan fingerprint density at radius 2 is 1.71 bits per heavy atom. The number of nitrogens with one attached hydrogen (secondary N) is 1. The number of nitro groups is 1. The van der Waals surface area contributed by atoms with E-state index in [0.29, 0.717) is 16.9 Å². The molecule has 10 nitrogen and oxygen atoms in total. The van der Waals surface area contributed by atoms with E-state index in [4.69, 9.17) is 4.74 Å². The van der Waals surface area contributed by atoms with Crippen LogP contribution in [0.4, 0.5) is 5.69 Å². The molecule has 3 aromatic rings. The molecule has 3 rings (SSSR count). The maximum absolute atomic E-state index is 13.3. The fourth-order valence-corrected chi connectivity index (χ4v) is 4.35. The zero-order valence-corrected chi connectivity index (χ0v) is 19.0. The maximum atomic E-state index is 13.3. The minimum absolute atomic E-state index is 0.0192. The monoisotopic (exact) mass is 482 g/mol. The van der Waals surface area contributed by atoms with Crippen molar-refractivity contribution in [3.63, 3.8) is 0 Å². The van der Waals surface area contributed by atoms with Crippen LogP contribution >= 0.6 is 0 Å². The molecule has 0 spiro atoms. The summed E-state index contributed by atoms with van der Waals surface area (Å²) in [5.74, 6) is -0.141. The van der Waals surface area contributed by atoms with Gasteiger partial charge in [-0.25, -0.2) is 13.8 Å². The number of carbonyl (C=O) groups is 1. The molecule has 0 fully saturated rings. The molecular weight excluding hydrogens is 460 g/mol. The van der Waals surface area contributed by atoms with Crippen LogP contribution in [-0.2, 0) is 21.4 Å². The molecule has 0 saturated heterocycles. The number of amides is 1. The quantitative estimate of drug-likeness (QED) is 0.269. The summed E-state index contributed by atoms with van der Waals surface area (Å²) in [5, 5.41) is 14.5. The summed E-state index contributed by atoms with van der Waals surface area (Å²) in [4.78, 5) is 22.7. The van der Waals surface area contributed by atoms with E-state index < -0.39 is 27.4 Å². The Morgan fingerprint density at radius 3 is 2.29 bits per heavy atom. The minimum atomic E-state index is -4.01. The Kier molecular flexibility index (Phi) is 8.06. The van der Waals surface area contributed by atoms with Gasteiger partial charge in [0.1, 0.15) is 5.75 Å². The molecule has 0 atom stereocenters. The van der Waals surface area contributed by atoms with Gasteiger partial charge in [0.15, 0.2) is 0 Å². The molecule has 11 heteroatoms. The zero-order valence-electron chi connectivity index (χ0n) is 18.2. The largest absolute Gasteiger partial charge is 0.497 e. The number of sulfonamides is 1. The molecule has 0 heterocycles. The first kappa shape index (κ1) is 24.6. The SMILES string of the molecule is COc1ccc(S(=O)(=O)N(CC(=O)N/N=C\c2ccc([N+](=O)[O-])cc2)Cc2ccccc2)cc1. The van der Waals surface area contributed by atoms with Crippen molar-refractivity contribution in [1.29, 1.82) is 0 Å². The van der Waals surface area contributed by atoms with Crippen molar-refractivity contribution in [3.05, 3.63) is 100 Å². The van der Waals surface area contributed by atoms with Crippen molar-refractivity contribution in [2.75, 3.05) is 13.7 Å². The van der Waals surface area contributed by atoms with Gasteiger partial charge in [0, 0.05) is 18.7 Å². The zero-order chi connectivity index (χ0) is 24.6. The standard InChI is InChI=1S/C23H22N4O6S/c1-33-21-11-13-22(14-12-21)34(31,32)26(16-19-5-3-2-4-6-19)17-23(28)25-24-15-18-7-9-20(10-8-18)27(29)30/h2-15H,16-17H2,1H3,(H,25,28)/b24-15-. The smallest absolute Gasteiger partial charge is 0.269 e. The first-order chi connectivity index (χ1) is 16.3. The summed E-state index contributed by atoms with van der Waals surface area (Å²) >= 11 is 0. The first-order valence-corrected chi connectivity index (χ1v) is 11.5. The summed E-state index contributed by atoms with van der Waals surface area (Å²) in [5.41, 5.74) is 3.46. The highest BCUT2D eigenvalue weighted by Crippen LogP contribution is 2.21. The average Bonchev–Trinajstić information content (AvgIpc) is 2.84. The molecule has 0 aliphatic heterocycles. The number of non-ortho nitro benzene ring substituents is 1. The third-order valence-corrected chi connectivity index (χ3v) is 6.53. The Hall–Kier alpha value is -4.09. The van der Waals surface area contributed by atoms with Gasteiger partial charge in [-0.2, -0.15) is 9.41 Å². The molecule has 0 aliphatic rings. The molecule has 0 unspecified atom stereocenters. The number of hydrogen-bond donors (Lipinski definition) is 1. The van der Waals surface area contributed by atoms with E-state index in [2.05, 4.69) is 10.5 Å². The van der Waals surface area contributed by atoms with Gasteiger partial charge in [-0.3, -0.25) is 14.9 Å². The van der Waals surface area contributed by atoms with Crippen LogP contribution in [0.25, 0.3) is 0 Å². The lowest BCUT2D eigenvalue weighted by molar-refractivity contribution is -0.384. The Morgan fingerprint density at radius 1 is 1.06 bits per heavy atom. The van der Waals surface area contributed by atoms with Crippen molar-refractivity contribution in [2.24, 2.45) is 5.10 Å². The highest BCUT2D eigenvalue weighted by atomic mass is 32.2. The van der Waals surface area contributed by atoms with Gasteiger partial charge in [-0.1, -0.05) is 30.3 Å². The lowest BCUT2D eigenvalue weighted by Crippen LogP contribution is -2.39. The van der Waals surface area contributed by atoms with Gasteiger partial charge in [-0.05, 0) is 47.5 Å². The molecule has 0 radical (unpaired) electrons. The summed E-state index contributed by atoms with van der Waals surface area (Å²) in [6, 6.07) is 20.4. The number of carbonyl (C=O) groups excluding carboxylic acids is 1. The summed E-state index contributed by atoms with van der Waals surface area (Å²) < 4.78 is 32.7. The predicted octanol–water partition coefficient (Wildman–Crippen LogP) is 2.94. The third kappa shape index (κ3) is 6.47. The summed E-state index contributed by atoms with van der Waals surface area (Å²) in [6.45, 7) is -0.491. The molecule has 0 saturated carbocycles. The Labute approximate surface area is 196 Å². The molecule has 1 amide bonds. The van der Waals surface area contributed by atoms with E-state index in [-0.39, 0.29) is 17.1 Å². The number of nitro benzene ring substituents is 1. The highest BCUT2D eigenvalue weighted by Gasteiger charge is 2.27. The van der Waals surface area contributed by atoms with Gasteiger partial charge < -0.3 is 4.74 Å². The summed E-state index contributed by atoms with van der Waals surface area (Å²) in [7, 11) is -2.53. The number of hydrazone groups is 1. The van der Waals surface area contributed by atoms with Crippen LogP contribution in [0, 0.1) is 10.1 Å². The minimum Gasteiger partial charge on any atom is -0.497 e. The van der Waals surface area contributed by atoms with Crippen molar-refractivity contribution >= 4 is 27.8 Å². The van der Waals surface area contributed by atoms with Crippen LogP contribution in [0.2, 0.25) is 0 Å². The number of hydrogen-bond acceptors (Lipinski definition) is 7. The Bertz CT molecular complexity index is 1260. The summed E-state index contributed by atoms with van der Waals surface area (Å²) in [6.07, 6.45) is 1.31. The lowest BCUT2D eigenvalue weighted by Gasteiger charge is -2.21. The van der Waals surface area contributed by atoms with E-state index in [0.717, 1.165) is 4.31 Å². The molecule has 34 heavy (non-hydrogen) atoms. The predicted molar refractivity (Wildman–Crippen MR) is 126 cm³/mol. The maximum Gasteiger partial charge on any atom is 0.269 e. The normalized spacial score (nSPS) is 11.5. The molecule has 0 bridgehead atoms. The first-order valence-electron chi connectivity index (χ1n) is 10.0. The Balaban J connectivity index is 1.75. The molecular formula is C23H22N4O6S. The van der Waals surface area contributed by atoms with Crippen LogP contribution in [0.3, 0.4) is 0 Å². The fourth-order valence-electron chi connectivity index (χ4n) is 2.97. The van der Waals surface area contributed by atoms with Gasteiger partial charge in [-0.15, -0.1) is 0 Å². The van der Waals surface area contributed by atoms with E-state index in [1.807, 2.05) is 6.07 Å². The van der Waals surface area contributed by atoms with E-state index in [1.165, 1.54) is 61.9 Å². The number of methoxy groups -OCH3 is 1. The second kappa shape index (κ2) is 11.2. The van der Waals surface area contributed by atoms with Crippen LogP contribution in [-0.4, -0.2) is 43.4 Å². The average molecular weight is 483 g/mol. The number of ether oxygens (including phenoxy) is 1. The topological polar surface area (TPSA) is 131 Å². The highest BCUT2D eigenvalue weighted by molar-refractivity contribution is 7.89. The van der Waals surface area contributed by atoms with E-state index in [9.17, 15) is 23.3 Å². The van der Waals surface area contributed by atoms with Gasteiger partial charge in [0.25, 0.3) is 11.6 Å². The second-order valence-electron chi connectivity index (χ2n) is 7.08. The van der Waals surface area contributed by atoms with E-state index in [1.54, 1.807) is 24.3 Å². The van der Waals surface area contributed by atoms with Crippen molar-refractivity contribution in [3.8, 4) is 5.75 Å². The van der Waals surface area contributed by atoms with E-state index >= 15 is 0 Å². The number of nitrogens with zero attached hydrogens (tertiary/aromatic N) is 3. The van der Waals surface area contributed by atoms with Gasteiger partial charge in [0.05, 0.1) is 29.7 Å². The van der Waals surface area contributed by atoms with Crippen molar-refractivity contribution < 1.29 is 22.9 Å². The second-order valence-corrected chi connectivity index (χ2v) is 9.01. The number of rotatable bonds is 10. The fraction of sp³-hybridized carbons (Fsp3) is 0.130. The number of benzene rings is 3.